The maximum Gasteiger partial charge on any atom is 0.0690 e. The first-order valence-corrected chi connectivity index (χ1v) is 8.52. The molecule has 118 valence electrons. The first-order valence-electron chi connectivity index (χ1n) is 8.52. The fraction of sp³-hybridized carbons (Fsp3) is 1.00. The van der Waals surface area contributed by atoms with E-state index in [2.05, 4.69) is 39.9 Å². The Bertz CT molecular complexity index is 330. The first-order chi connectivity index (χ1) is 9.37. The van der Waals surface area contributed by atoms with Gasteiger partial charge >= 0.3 is 0 Å². The number of nitrogens with two attached hydrogens (primary N) is 1. The summed E-state index contributed by atoms with van der Waals surface area (Å²) in [7, 11) is 0. The zero-order valence-corrected chi connectivity index (χ0v) is 14.1. The second-order valence-electron chi connectivity index (χ2n) is 7.50. The van der Waals surface area contributed by atoms with Crippen LogP contribution in [0.25, 0.3) is 0 Å². The van der Waals surface area contributed by atoms with Crippen LogP contribution in [0.2, 0.25) is 0 Å². The van der Waals surface area contributed by atoms with E-state index < -0.39 is 0 Å². The van der Waals surface area contributed by atoms with E-state index in [0.29, 0.717) is 12.0 Å². The van der Waals surface area contributed by atoms with Gasteiger partial charge in [0.2, 0.25) is 0 Å². The second kappa shape index (κ2) is 5.58. The molecule has 3 heteroatoms. The van der Waals surface area contributed by atoms with Gasteiger partial charge in [-0.15, -0.1) is 0 Å². The highest BCUT2D eigenvalue weighted by Gasteiger charge is 2.66. The molecule has 0 amide bonds. The minimum atomic E-state index is -0.122. The number of hydrogen-bond acceptors (Lipinski definition) is 3. The van der Waals surface area contributed by atoms with Gasteiger partial charge in [0.05, 0.1) is 6.10 Å². The molecule has 0 spiro atoms. The highest BCUT2D eigenvalue weighted by Crippen LogP contribution is 2.57. The number of fused-ring (bicyclic) bond motifs is 1. The Labute approximate surface area is 125 Å². The van der Waals surface area contributed by atoms with Gasteiger partial charge in [-0.25, -0.2) is 0 Å². The van der Waals surface area contributed by atoms with E-state index >= 15 is 0 Å². The molecular weight excluding hydrogens is 248 g/mol. The largest absolute Gasteiger partial charge is 0.377 e. The predicted molar refractivity (Wildman–Crippen MR) is 84.8 cm³/mol. The van der Waals surface area contributed by atoms with Gasteiger partial charge in [0.15, 0.2) is 0 Å². The van der Waals surface area contributed by atoms with Crippen LogP contribution in [0.3, 0.4) is 0 Å². The van der Waals surface area contributed by atoms with Crippen molar-refractivity contribution in [2.75, 3.05) is 13.2 Å². The lowest BCUT2D eigenvalue weighted by Gasteiger charge is -2.67. The molecule has 1 aliphatic carbocycles. The third-order valence-electron chi connectivity index (χ3n) is 6.68. The van der Waals surface area contributed by atoms with E-state index in [1.807, 2.05) is 0 Å². The van der Waals surface area contributed by atoms with Crippen molar-refractivity contribution in [3.63, 3.8) is 0 Å². The van der Waals surface area contributed by atoms with Crippen LogP contribution in [0.15, 0.2) is 0 Å². The lowest BCUT2D eigenvalue weighted by Crippen LogP contribution is -2.81. The molecule has 1 aliphatic heterocycles. The summed E-state index contributed by atoms with van der Waals surface area (Å²) < 4.78 is 5.99. The van der Waals surface area contributed by atoms with Gasteiger partial charge < -0.3 is 15.8 Å². The summed E-state index contributed by atoms with van der Waals surface area (Å²) in [4.78, 5) is 0. The fourth-order valence-corrected chi connectivity index (χ4v) is 4.48. The van der Waals surface area contributed by atoms with Crippen molar-refractivity contribution in [3.8, 4) is 0 Å². The number of ether oxygens (including phenoxy) is 1. The number of hydrogen-bond donors (Lipinski definition) is 2. The Morgan fingerprint density at radius 1 is 1.20 bits per heavy atom. The Kier molecular flexibility index (Phi) is 4.54. The van der Waals surface area contributed by atoms with Crippen LogP contribution in [0.4, 0.5) is 0 Å². The Balaban J connectivity index is 2.07. The second-order valence-corrected chi connectivity index (χ2v) is 7.50. The van der Waals surface area contributed by atoms with Crippen molar-refractivity contribution in [1.82, 2.24) is 5.32 Å². The third-order valence-corrected chi connectivity index (χ3v) is 6.68. The molecule has 0 aromatic rings. The third kappa shape index (κ3) is 2.22. The number of nitrogens with one attached hydrogen (secondary N) is 1. The van der Waals surface area contributed by atoms with Gasteiger partial charge in [-0.2, -0.15) is 0 Å². The summed E-state index contributed by atoms with van der Waals surface area (Å²) in [6.45, 7) is 13.2. The summed E-state index contributed by atoms with van der Waals surface area (Å²) >= 11 is 0. The molecule has 3 atom stereocenters. The maximum absolute atomic E-state index is 6.86. The molecule has 1 saturated carbocycles. The quantitative estimate of drug-likeness (QED) is 0.787. The highest BCUT2D eigenvalue weighted by molar-refractivity contribution is 5.21. The van der Waals surface area contributed by atoms with E-state index in [9.17, 15) is 0 Å². The van der Waals surface area contributed by atoms with Crippen molar-refractivity contribution < 1.29 is 4.74 Å². The molecule has 2 aliphatic rings. The summed E-state index contributed by atoms with van der Waals surface area (Å²) in [5, 5.41) is 3.83. The molecule has 0 radical (unpaired) electrons. The summed E-state index contributed by atoms with van der Waals surface area (Å²) in [6.07, 6.45) is 6.26. The molecule has 2 fully saturated rings. The average molecular weight is 282 g/mol. The predicted octanol–water partition coefficient (Wildman–Crippen LogP) is 3.08. The molecule has 3 unspecified atom stereocenters. The van der Waals surface area contributed by atoms with Crippen LogP contribution in [-0.4, -0.2) is 30.3 Å². The monoisotopic (exact) mass is 282 g/mol. The van der Waals surface area contributed by atoms with E-state index in [0.717, 1.165) is 19.6 Å². The van der Waals surface area contributed by atoms with Crippen LogP contribution in [0.1, 0.15) is 66.7 Å². The van der Waals surface area contributed by atoms with E-state index in [-0.39, 0.29) is 16.5 Å². The van der Waals surface area contributed by atoms with Gasteiger partial charge in [0.1, 0.15) is 0 Å². The molecule has 0 bridgehead atoms. The minimum absolute atomic E-state index is 0.0754. The number of rotatable bonds is 6. The summed E-state index contributed by atoms with van der Waals surface area (Å²) in [5.74, 6) is 0.530. The van der Waals surface area contributed by atoms with Crippen LogP contribution in [-0.2, 0) is 4.74 Å². The van der Waals surface area contributed by atoms with Crippen molar-refractivity contribution in [3.05, 3.63) is 0 Å². The summed E-state index contributed by atoms with van der Waals surface area (Å²) in [6, 6.07) is 0. The molecule has 3 N–H and O–H groups in total. The average Bonchev–Trinajstić information content (AvgIpc) is 2.49. The molecular formula is C17H34N2O. The van der Waals surface area contributed by atoms with Gasteiger partial charge in [-0.1, -0.05) is 34.6 Å². The Hall–Kier alpha value is -0.120. The lowest BCUT2D eigenvalue weighted by atomic mass is 9.46. The molecule has 1 saturated heterocycles. The van der Waals surface area contributed by atoms with Crippen LogP contribution in [0, 0.1) is 11.3 Å². The maximum atomic E-state index is 6.86. The van der Waals surface area contributed by atoms with Crippen molar-refractivity contribution in [2.45, 2.75) is 83.9 Å². The van der Waals surface area contributed by atoms with Gasteiger partial charge in [-0.3, -0.25) is 0 Å². The van der Waals surface area contributed by atoms with E-state index in [1.165, 1.54) is 25.7 Å². The fourth-order valence-electron chi connectivity index (χ4n) is 4.48. The van der Waals surface area contributed by atoms with Crippen molar-refractivity contribution in [2.24, 2.45) is 17.1 Å². The van der Waals surface area contributed by atoms with Crippen molar-refractivity contribution in [1.29, 1.82) is 0 Å². The smallest absolute Gasteiger partial charge is 0.0690 e. The summed E-state index contributed by atoms with van der Waals surface area (Å²) in [5.41, 5.74) is 7.07. The molecule has 0 aromatic carbocycles. The topological polar surface area (TPSA) is 47.3 Å². The zero-order valence-electron chi connectivity index (χ0n) is 14.1. The first kappa shape index (κ1) is 16.3. The van der Waals surface area contributed by atoms with Crippen LogP contribution >= 0.6 is 0 Å². The zero-order chi connectivity index (χ0) is 15.0. The molecule has 3 nitrogen and oxygen atoms in total. The van der Waals surface area contributed by atoms with Crippen molar-refractivity contribution >= 4 is 0 Å². The van der Waals surface area contributed by atoms with Crippen LogP contribution < -0.4 is 11.1 Å². The normalized spacial score (nSPS) is 36.3. The highest BCUT2D eigenvalue weighted by atomic mass is 16.5. The van der Waals surface area contributed by atoms with Crippen LogP contribution in [0.5, 0.6) is 0 Å². The molecule has 2 rings (SSSR count). The standard InChI is InChI=1S/C17H34N2O/c1-6-16(7-2,8-3)19-12-17(18)13-10-9-11-20-14(13)15(17,4)5/h13-14,19H,6-12,18H2,1-5H3. The Morgan fingerprint density at radius 3 is 2.35 bits per heavy atom. The SMILES string of the molecule is CCC(CC)(CC)NCC1(N)C2CCCOC2C1(C)C. The lowest BCUT2D eigenvalue weighted by molar-refractivity contribution is -0.226. The van der Waals surface area contributed by atoms with E-state index in [4.69, 9.17) is 10.5 Å². The van der Waals surface area contributed by atoms with Gasteiger partial charge in [-0.05, 0) is 32.1 Å². The molecule has 0 aromatic heterocycles. The molecule has 1 heterocycles. The van der Waals surface area contributed by atoms with Gasteiger partial charge in [0, 0.05) is 35.6 Å². The van der Waals surface area contributed by atoms with Gasteiger partial charge in [0.25, 0.3) is 0 Å². The minimum Gasteiger partial charge on any atom is -0.377 e. The Morgan fingerprint density at radius 2 is 1.80 bits per heavy atom. The molecule has 20 heavy (non-hydrogen) atoms. The van der Waals surface area contributed by atoms with E-state index in [1.54, 1.807) is 0 Å².